The number of aromatic hydroxyl groups is 1. The summed E-state index contributed by atoms with van der Waals surface area (Å²) in [6.45, 7) is 3.98. The maximum atomic E-state index is 12.2. The second-order valence-corrected chi connectivity index (χ2v) is 6.39. The van der Waals surface area contributed by atoms with Gasteiger partial charge in [0.25, 0.3) is 0 Å². The molecule has 5 nitrogen and oxygen atoms in total. The van der Waals surface area contributed by atoms with E-state index < -0.39 is 0 Å². The highest BCUT2D eigenvalue weighted by molar-refractivity contribution is 6.37. The van der Waals surface area contributed by atoms with E-state index in [0.29, 0.717) is 17.0 Å². The summed E-state index contributed by atoms with van der Waals surface area (Å²) in [5, 5.41) is 17.1. The van der Waals surface area contributed by atoms with Gasteiger partial charge in [-0.05, 0) is 49.2 Å². The minimum absolute atomic E-state index is 0.0472. The molecule has 0 saturated carbocycles. The summed E-state index contributed by atoms with van der Waals surface area (Å²) in [4.78, 5) is 12.2. The molecule has 1 aromatic heterocycles. The lowest BCUT2D eigenvalue weighted by Gasteiger charge is -2.07. The average molecular weight is 365 g/mol. The van der Waals surface area contributed by atoms with Crippen LogP contribution in [0.3, 0.4) is 0 Å². The fourth-order valence-electron chi connectivity index (χ4n) is 2.37. The van der Waals surface area contributed by atoms with Crippen LogP contribution < -0.4 is 5.32 Å². The first-order valence-electron chi connectivity index (χ1n) is 7.18. The van der Waals surface area contributed by atoms with E-state index in [1.54, 1.807) is 0 Å². The number of fused-ring (bicyclic) bond motifs is 1. The van der Waals surface area contributed by atoms with Crippen LogP contribution in [0.2, 0.25) is 10.0 Å². The van der Waals surface area contributed by atoms with E-state index in [4.69, 9.17) is 27.7 Å². The van der Waals surface area contributed by atoms with Crippen molar-refractivity contribution in [1.29, 1.82) is 0 Å². The quantitative estimate of drug-likeness (QED) is 0.663. The Morgan fingerprint density at radius 2 is 1.79 bits per heavy atom. The molecule has 124 valence electrons. The van der Waals surface area contributed by atoms with Gasteiger partial charge in [-0.3, -0.25) is 4.79 Å². The van der Waals surface area contributed by atoms with E-state index in [0.717, 1.165) is 16.5 Å². The monoisotopic (exact) mass is 364 g/mol. The molecular formula is C17H14Cl2N2O3. The molecule has 7 heteroatoms. The molecule has 1 heterocycles. The number of nitrogens with one attached hydrogen (secondary N) is 1. The third-order valence-electron chi connectivity index (χ3n) is 3.79. The Balaban J connectivity index is 1.82. The van der Waals surface area contributed by atoms with Gasteiger partial charge in [0, 0.05) is 11.1 Å². The van der Waals surface area contributed by atoms with E-state index in [1.807, 2.05) is 26.0 Å². The molecule has 0 aliphatic heterocycles. The molecule has 2 N–H and O–H groups in total. The van der Waals surface area contributed by atoms with Crippen LogP contribution in [0.25, 0.3) is 11.0 Å². The molecule has 0 bridgehead atoms. The molecule has 0 spiro atoms. The van der Waals surface area contributed by atoms with Crippen molar-refractivity contribution in [3.05, 3.63) is 51.1 Å². The van der Waals surface area contributed by atoms with Crippen molar-refractivity contribution in [2.45, 2.75) is 20.3 Å². The lowest BCUT2D eigenvalue weighted by Crippen LogP contribution is -2.14. The number of benzene rings is 2. The first-order chi connectivity index (χ1) is 11.3. The number of phenols is 1. The summed E-state index contributed by atoms with van der Waals surface area (Å²) in [5.74, 6) is -0.508. The molecule has 0 radical (unpaired) electrons. The van der Waals surface area contributed by atoms with Crippen molar-refractivity contribution in [2.75, 3.05) is 5.32 Å². The number of amides is 1. The maximum Gasteiger partial charge on any atom is 0.230 e. The molecule has 0 unspecified atom stereocenters. The Labute approximate surface area is 148 Å². The number of hydrogen-bond donors (Lipinski definition) is 2. The lowest BCUT2D eigenvalue weighted by molar-refractivity contribution is -0.115. The smallest absolute Gasteiger partial charge is 0.230 e. The number of aromatic nitrogens is 1. The van der Waals surface area contributed by atoms with Crippen LogP contribution in [0.1, 0.15) is 16.8 Å². The highest BCUT2D eigenvalue weighted by Crippen LogP contribution is 2.34. The standard InChI is InChI=1S/C17H14Cl2N2O3/c1-8-3-11-14(21-24-15(11)4-9(8)2)7-16(22)20-10-5-12(18)17(23)13(19)6-10/h3-6,23H,7H2,1-2H3,(H,20,22). The van der Waals surface area contributed by atoms with Gasteiger partial charge in [0.2, 0.25) is 5.91 Å². The zero-order chi connectivity index (χ0) is 17.4. The predicted octanol–water partition coefficient (Wildman–Crippen LogP) is 4.64. The fraction of sp³-hybridized carbons (Fsp3) is 0.176. The largest absolute Gasteiger partial charge is 0.505 e. The van der Waals surface area contributed by atoms with Crippen LogP contribution in [0, 0.1) is 13.8 Å². The first kappa shape index (κ1) is 16.6. The third-order valence-corrected chi connectivity index (χ3v) is 4.37. The molecule has 0 atom stereocenters. The summed E-state index contributed by atoms with van der Waals surface area (Å²) in [6.07, 6.45) is 0.0472. The second-order valence-electron chi connectivity index (χ2n) is 5.58. The Hall–Kier alpha value is -2.24. The molecule has 1 amide bonds. The number of nitrogens with zero attached hydrogens (tertiary/aromatic N) is 1. The maximum absolute atomic E-state index is 12.2. The van der Waals surface area contributed by atoms with Gasteiger partial charge in [0.15, 0.2) is 11.3 Å². The molecule has 0 saturated heterocycles. The fourth-order valence-corrected chi connectivity index (χ4v) is 2.85. The summed E-state index contributed by atoms with van der Waals surface area (Å²) in [5.41, 5.74) is 3.80. The molecule has 0 aliphatic carbocycles. The second kappa shape index (κ2) is 6.34. The summed E-state index contributed by atoms with van der Waals surface area (Å²) < 4.78 is 5.28. The van der Waals surface area contributed by atoms with Crippen LogP contribution >= 0.6 is 23.2 Å². The van der Waals surface area contributed by atoms with Gasteiger partial charge < -0.3 is 14.9 Å². The Morgan fingerprint density at radius 3 is 2.46 bits per heavy atom. The molecule has 3 rings (SSSR count). The molecule has 0 aliphatic rings. The van der Waals surface area contributed by atoms with Crippen molar-refractivity contribution in [3.63, 3.8) is 0 Å². The van der Waals surface area contributed by atoms with Crippen molar-refractivity contribution in [3.8, 4) is 5.75 Å². The highest BCUT2D eigenvalue weighted by Gasteiger charge is 2.15. The predicted molar refractivity (Wildman–Crippen MR) is 93.9 cm³/mol. The Kier molecular flexibility index (Phi) is 4.39. The van der Waals surface area contributed by atoms with Crippen LogP contribution in [0.5, 0.6) is 5.75 Å². The number of rotatable bonds is 3. The zero-order valence-corrected chi connectivity index (χ0v) is 14.5. The minimum Gasteiger partial charge on any atom is -0.505 e. The first-order valence-corrected chi connectivity index (χ1v) is 7.94. The van der Waals surface area contributed by atoms with Crippen molar-refractivity contribution >= 4 is 45.8 Å². The van der Waals surface area contributed by atoms with Crippen molar-refractivity contribution < 1.29 is 14.4 Å². The normalized spacial score (nSPS) is 11.0. The number of phenolic OH excluding ortho intramolecular Hbond substituents is 1. The SMILES string of the molecule is Cc1cc2onc(CC(=O)Nc3cc(Cl)c(O)c(Cl)c3)c2cc1C. The van der Waals surface area contributed by atoms with Gasteiger partial charge in [0.1, 0.15) is 5.69 Å². The number of carbonyl (C=O) groups excluding carboxylic acids is 1. The number of carbonyl (C=O) groups is 1. The number of aryl methyl sites for hydroxylation is 2. The lowest BCUT2D eigenvalue weighted by atomic mass is 10.1. The summed E-state index contributed by atoms with van der Waals surface area (Å²) in [7, 11) is 0. The van der Waals surface area contributed by atoms with Crippen LogP contribution in [-0.2, 0) is 11.2 Å². The van der Waals surface area contributed by atoms with Gasteiger partial charge >= 0.3 is 0 Å². The van der Waals surface area contributed by atoms with E-state index in [1.165, 1.54) is 12.1 Å². The topological polar surface area (TPSA) is 75.4 Å². The number of hydrogen-bond acceptors (Lipinski definition) is 4. The molecule has 0 fully saturated rings. The van der Waals surface area contributed by atoms with Gasteiger partial charge in [0.05, 0.1) is 16.5 Å². The molecular weight excluding hydrogens is 351 g/mol. The van der Waals surface area contributed by atoms with Gasteiger partial charge in [-0.25, -0.2) is 0 Å². The third kappa shape index (κ3) is 3.18. The van der Waals surface area contributed by atoms with Crippen LogP contribution in [0.15, 0.2) is 28.8 Å². The van der Waals surface area contributed by atoms with Crippen molar-refractivity contribution in [2.24, 2.45) is 0 Å². The van der Waals surface area contributed by atoms with E-state index in [9.17, 15) is 9.90 Å². The van der Waals surface area contributed by atoms with E-state index in [2.05, 4.69) is 10.5 Å². The van der Waals surface area contributed by atoms with Crippen molar-refractivity contribution in [1.82, 2.24) is 5.16 Å². The highest BCUT2D eigenvalue weighted by atomic mass is 35.5. The van der Waals surface area contributed by atoms with Gasteiger partial charge in [-0.15, -0.1) is 0 Å². The molecule has 2 aromatic carbocycles. The molecule has 24 heavy (non-hydrogen) atoms. The summed E-state index contributed by atoms with van der Waals surface area (Å²) >= 11 is 11.7. The Bertz CT molecular complexity index is 927. The summed E-state index contributed by atoms with van der Waals surface area (Å²) in [6, 6.07) is 6.71. The van der Waals surface area contributed by atoms with Crippen LogP contribution in [-0.4, -0.2) is 16.2 Å². The molecule has 3 aromatic rings. The zero-order valence-electron chi connectivity index (χ0n) is 13.0. The van der Waals surface area contributed by atoms with Crippen LogP contribution in [0.4, 0.5) is 5.69 Å². The van der Waals surface area contributed by atoms with Gasteiger partial charge in [-0.2, -0.15) is 0 Å². The van der Waals surface area contributed by atoms with E-state index >= 15 is 0 Å². The Morgan fingerprint density at radius 1 is 1.17 bits per heavy atom. The van der Waals surface area contributed by atoms with Gasteiger partial charge in [-0.1, -0.05) is 28.4 Å². The average Bonchev–Trinajstić information content (AvgIpc) is 2.87. The minimum atomic E-state index is -0.291. The van der Waals surface area contributed by atoms with E-state index in [-0.39, 0.29) is 28.1 Å². The number of halogens is 2. The number of anilines is 1.